The largest absolute Gasteiger partial charge is 0.317 e. The Bertz CT molecular complexity index is 377. The predicted molar refractivity (Wildman–Crippen MR) is 83.2 cm³/mol. The van der Waals surface area contributed by atoms with Gasteiger partial charge in [-0.15, -0.1) is 0 Å². The molecule has 4 nitrogen and oxygen atoms in total. The van der Waals surface area contributed by atoms with Crippen LogP contribution in [0.2, 0.25) is 0 Å². The van der Waals surface area contributed by atoms with Crippen molar-refractivity contribution < 1.29 is 8.42 Å². The Balaban J connectivity index is 1.75. The first-order valence-electron chi connectivity index (χ1n) is 8.30. The third-order valence-corrected chi connectivity index (χ3v) is 6.43. The van der Waals surface area contributed by atoms with Gasteiger partial charge in [-0.2, -0.15) is 0 Å². The van der Waals surface area contributed by atoms with Crippen molar-refractivity contribution >= 4 is 10.0 Å². The molecular formula is C15H30N2O2S. The van der Waals surface area contributed by atoms with Gasteiger partial charge in [0.25, 0.3) is 0 Å². The van der Waals surface area contributed by atoms with Crippen LogP contribution in [0.25, 0.3) is 0 Å². The predicted octanol–water partition coefficient (Wildman–Crippen LogP) is 2.26. The summed E-state index contributed by atoms with van der Waals surface area (Å²) in [7, 11) is -3.08. The van der Waals surface area contributed by atoms with Crippen LogP contribution in [0.5, 0.6) is 0 Å². The van der Waals surface area contributed by atoms with Crippen molar-refractivity contribution in [3.8, 4) is 0 Å². The van der Waals surface area contributed by atoms with Crippen LogP contribution in [-0.2, 0) is 10.0 Å². The van der Waals surface area contributed by atoms with Gasteiger partial charge in [-0.25, -0.2) is 13.1 Å². The van der Waals surface area contributed by atoms with Crippen molar-refractivity contribution in [2.75, 3.05) is 18.8 Å². The smallest absolute Gasteiger partial charge is 0.211 e. The normalized spacial score (nSPS) is 29.4. The molecule has 2 aliphatic rings. The average Bonchev–Trinajstić information content (AvgIpc) is 2.46. The van der Waals surface area contributed by atoms with E-state index in [-0.39, 0.29) is 6.04 Å². The Kier molecular flexibility index (Phi) is 6.30. The van der Waals surface area contributed by atoms with Crippen LogP contribution in [0.3, 0.4) is 0 Å². The lowest BCUT2D eigenvalue weighted by molar-refractivity contribution is 0.300. The van der Waals surface area contributed by atoms with Crippen molar-refractivity contribution in [3.05, 3.63) is 0 Å². The van der Waals surface area contributed by atoms with Crippen LogP contribution >= 0.6 is 0 Å². The van der Waals surface area contributed by atoms with Crippen molar-refractivity contribution in [1.29, 1.82) is 0 Å². The molecule has 5 heteroatoms. The average molecular weight is 302 g/mol. The van der Waals surface area contributed by atoms with Crippen LogP contribution in [0.4, 0.5) is 0 Å². The molecular weight excluding hydrogens is 272 g/mol. The molecule has 2 N–H and O–H groups in total. The summed E-state index contributed by atoms with van der Waals surface area (Å²) < 4.78 is 27.4. The van der Waals surface area contributed by atoms with Crippen molar-refractivity contribution in [1.82, 2.24) is 10.0 Å². The molecule has 0 amide bonds. The quantitative estimate of drug-likeness (QED) is 0.791. The minimum atomic E-state index is -3.08. The Morgan fingerprint density at radius 1 is 1.10 bits per heavy atom. The summed E-state index contributed by atoms with van der Waals surface area (Å²) in [6.07, 6.45) is 8.72. The number of rotatable bonds is 6. The molecule has 2 rings (SSSR count). The number of nitrogens with one attached hydrogen (secondary N) is 2. The van der Waals surface area contributed by atoms with E-state index in [1.165, 1.54) is 19.3 Å². The standard InChI is InChI=1S/C15H30N2O2S/c1-2-13-4-3-5-15(12-13)17-20(18,19)11-8-14-6-9-16-10-7-14/h13-17H,2-12H2,1H3. The summed E-state index contributed by atoms with van der Waals surface area (Å²) in [5, 5.41) is 3.32. The van der Waals surface area contributed by atoms with E-state index in [1.54, 1.807) is 0 Å². The molecule has 2 unspecified atom stereocenters. The van der Waals surface area contributed by atoms with E-state index in [1.807, 2.05) is 0 Å². The summed E-state index contributed by atoms with van der Waals surface area (Å²) in [5.74, 6) is 1.61. The molecule has 2 fully saturated rings. The van der Waals surface area contributed by atoms with Crippen LogP contribution in [0.15, 0.2) is 0 Å². The van der Waals surface area contributed by atoms with Gasteiger partial charge in [0, 0.05) is 6.04 Å². The molecule has 1 heterocycles. The zero-order valence-corrected chi connectivity index (χ0v) is 13.6. The minimum absolute atomic E-state index is 0.187. The first-order valence-corrected chi connectivity index (χ1v) is 9.95. The van der Waals surface area contributed by atoms with Gasteiger partial charge in [0.05, 0.1) is 5.75 Å². The summed E-state index contributed by atoms with van der Waals surface area (Å²) in [6, 6.07) is 0.187. The summed E-state index contributed by atoms with van der Waals surface area (Å²) in [6.45, 7) is 4.29. The summed E-state index contributed by atoms with van der Waals surface area (Å²) in [4.78, 5) is 0. The fourth-order valence-electron chi connectivity index (χ4n) is 3.57. The zero-order chi connectivity index (χ0) is 14.4. The molecule has 2 atom stereocenters. The second kappa shape index (κ2) is 7.76. The van der Waals surface area contributed by atoms with Crippen molar-refractivity contribution in [2.45, 2.75) is 64.3 Å². The first kappa shape index (κ1) is 16.2. The summed E-state index contributed by atoms with van der Waals surface area (Å²) >= 11 is 0. The molecule has 0 bridgehead atoms. The van der Waals surface area contributed by atoms with Crippen LogP contribution in [0.1, 0.15) is 58.3 Å². The van der Waals surface area contributed by atoms with Crippen LogP contribution in [-0.4, -0.2) is 33.3 Å². The maximum atomic E-state index is 12.2. The SMILES string of the molecule is CCC1CCCC(NS(=O)(=O)CCC2CCNCC2)C1. The highest BCUT2D eigenvalue weighted by Gasteiger charge is 2.25. The molecule has 1 aliphatic heterocycles. The molecule has 1 saturated heterocycles. The molecule has 0 aromatic rings. The monoisotopic (exact) mass is 302 g/mol. The second-order valence-electron chi connectivity index (χ2n) is 6.56. The van der Waals surface area contributed by atoms with Gasteiger partial charge in [-0.05, 0) is 57.0 Å². The Morgan fingerprint density at radius 3 is 2.55 bits per heavy atom. The number of sulfonamides is 1. The fraction of sp³-hybridized carbons (Fsp3) is 1.00. The van der Waals surface area contributed by atoms with Crippen molar-refractivity contribution in [2.24, 2.45) is 11.8 Å². The van der Waals surface area contributed by atoms with E-state index in [4.69, 9.17) is 0 Å². The zero-order valence-electron chi connectivity index (χ0n) is 12.7. The van der Waals surface area contributed by atoms with Gasteiger partial charge in [0.15, 0.2) is 0 Å². The Morgan fingerprint density at radius 2 is 1.85 bits per heavy atom. The molecule has 1 saturated carbocycles. The Hall–Kier alpha value is -0.130. The maximum Gasteiger partial charge on any atom is 0.211 e. The number of hydrogen-bond acceptors (Lipinski definition) is 3. The van der Waals surface area contributed by atoms with Gasteiger partial charge in [0.1, 0.15) is 0 Å². The lowest BCUT2D eigenvalue weighted by Gasteiger charge is -2.29. The molecule has 0 radical (unpaired) electrons. The van der Waals surface area contributed by atoms with Crippen LogP contribution < -0.4 is 10.0 Å². The highest BCUT2D eigenvalue weighted by Crippen LogP contribution is 2.27. The number of piperidine rings is 1. The van der Waals surface area contributed by atoms with Crippen molar-refractivity contribution in [3.63, 3.8) is 0 Å². The minimum Gasteiger partial charge on any atom is -0.317 e. The lowest BCUT2D eigenvalue weighted by Crippen LogP contribution is -2.40. The third kappa shape index (κ3) is 5.34. The molecule has 1 aliphatic carbocycles. The highest BCUT2D eigenvalue weighted by molar-refractivity contribution is 7.89. The Labute approximate surface area is 124 Å². The van der Waals surface area contributed by atoms with E-state index < -0.39 is 10.0 Å². The van der Waals surface area contributed by atoms with Gasteiger partial charge < -0.3 is 5.32 Å². The van der Waals surface area contributed by atoms with Crippen LogP contribution in [0, 0.1) is 11.8 Å². The van der Waals surface area contributed by atoms with E-state index in [9.17, 15) is 8.42 Å². The third-order valence-electron chi connectivity index (χ3n) is 4.96. The molecule has 0 aromatic carbocycles. The van der Waals surface area contributed by atoms with Gasteiger partial charge in [-0.1, -0.05) is 26.2 Å². The fourth-order valence-corrected chi connectivity index (χ4v) is 5.06. The maximum absolute atomic E-state index is 12.2. The van der Waals surface area contributed by atoms with Gasteiger partial charge in [-0.3, -0.25) is 0 Å². The van der Waals surface area contributed by atoms with Gasteiger partial charge >= 0.3 is 0 Å². The number of hydrogen-bond donors (Lipinski definition) is 2. The van der Waals surface area contributed by atoms with Gasteiger partial charge in [0.2, 0.25) is 10.0 Å². The van der Waals surface area contributed by atoms with E-state index in [0.29, 0.717) is 17.6 Å². The van der Waals surface area contributed by atoms with E-state index in [2.05, 4.69) is 17.0 Å². The molecule has 118 valence electrons. The lowest BCUT2D eigenvalue weighted by atomic mass is 9.85. The topological polar surface area (TPSA) is 58.2 Å². The van der Waals surface area contributed by atoms with E-state index >= 15 is 0 Å². The molecule has 0 aromatic heterocycles. The van der Waals surface area contributed by atoms with E-state index in [0.717, 1.165) is 45.2 Å². The second-order valence-corrected chi connectivity index (χ2v) is 8.43. The molecule has 0 spiro atoms. The molecule has 20 heavy (non-hydrogen) atoms. The highest BCUT2D eigenvalue weighted by atomic mass is 32.2. The first-order chi connectivity index (χ1) is 9.59. The summed E-state index contributed by atoms with van der Waals surface area (Å²) in [5.41, 5.74) is 0.